The number of fused-ring (bicyclic) bond motifs is 1. The maximum absolute atomic E-state index is 5.93. The largest absolute Gasteiger partial charge is 0.323 e. The number of aromatic nitrogens is 1. The molecule has 0 unspecified atom stereocenters. The third kappa shape index (κ3) is 1.19. The molecule has 1 aliphatic carbocycles. The second kappa shape index (κ2) is 2.57. The number of hydrogen-bond donors (Lipinski definition) is 1. The van der Waals surface area contributed by atoms with E-state index in [9.17, 15) is 0 Å². The predicted octanol–water partition coefficient (Wildman–Crippen LogP) is 1.79. The van der Waals surface area contributed by atoms with E-state index in [0.29, 0.717) is 0 Å². The molecular weight excluding hydrogens is 156 g/mol. The number of thiazole rings is 1. The molecule has 2 N–H and O–H groups in total. The average molecular weight is 168 g/mol. The first-order valence-electron chi connectivity index (χ1n) is 3.99. The lowest BCUT2D eigenvalue weighted by atomic mass is 9.99. The molecule has 1 heterocycles. The monoisotopic (exact) mass is 168 g/mol. The molecule has 1 aromatic heterocycles. The van der Waals surface area contributed by atoms with Gasteiger partial charge in [-0.2, -0.15) is 0 Å². The van der Waals surface area contributed by atoms with Crippen molar-refractivity contribution in [1.29, 1.82) is 0 Å². The summed E-state index contributed by atoms with van der Waals surface area (Å²) in [4.78, 5) is 5.77. The van der Waals surface area contributed by atoms with Crippen LogP contribution in [0.5, 0.6) is 0 Å². The van der Waals surface area contributed by atoms with Crippen molar-refractivity contribution in [3.8, 4) is 0 Å². The molecule has 0 spiro atoms. The number of hydrogen-bond acceptors (Lipinski definition) is 3. The maximum atomic E-state index is 5.93. The van der Waals surface area contributed by atoms with Crippen molar-refractivity contribution in [1.82, 2.24) is 4.98 Å². The highest BCUT2D eigenvalue weighted by Gasteiger charge is 2.19. The minimum absolute atomic E-state index is 0.268. The molecule has 2 nitrogen and oxygen atoms in total. The van der Waals surface area contributed by atoms with Gasteiger partial charge < -0.3 is 5.73 Å². The Morgan fingerprint density at radius 3 is 3.18 bits per heavy atom. The summed E-state index contributed by atoms with van der Waals surface area (Å²) in [6, 6.07) is 0.268. The number of nitrogens with zero attached hydrogens (tertiary/aromatic N) is 1. The molecule has 0 aliphatic heterocycles. The Hall–Kier alpha value is -0.410. The maximum Gasteiger partial charge on any atom is 0.0900 e. The highest BCUT2D eigenvalue weighted by molar-refractivity contribution is 7.11. The normalized spacial score (nSPS) is 23.3. The summed E-state index contributed by atoms with van der Waals surface area (Å²) in [5, 5.41) is 1.16. The summed E-state index contributed by atoms with van der Waals surface area (Å²) in [5.41, 5.74) is 7.19. The van der Waals surface area contributed by atoms with Crippen LogP contribution in [-0.4, -0.2) is 4.98 Å². The smallest absolute Gasteiger partial charge is 0.0900 e. The van der Waals surface area contributed by atoms with Gasteiger partial charge in [-0.3, -0.25) is 0 Å². The molecule has 60 valence electrons. The molecule has 1 atom stereocenters. The fourth-order valence-corrected chi connectivity index (χ4v) is 2.58. The topological polar surface area (TPSA) is 38.9 Å². The van der Waals surface area contributed by atoms with E-state index in [1.165, 1.54) is 17.0 Å². The number of rotatable bonds is 0. The summed E-state index contributed by atoms with van der Waals surface area (Å²) < 4.78 is 0. The Kier molecular flexibility index (Phi) is 1.69. The Labute approximate surface area is 70.5 Å². The lowest BCUT2D eigenvalue weighted by molar-refractivity contribution is 0.573. The molecule has 11 heavy (non-hydrogen) atoms. The SMILES string of the molecule is Cc1nc2c(s1)[C@@H](N)CCC2. The number of aryl methyl sites for hydroxylation is 2. The van der Waals surface area contributed by atoms with Crippen LogP contribution >= 0.6 is 11.3 Å². The molecule has 3 heteroatoms. The Balaban J connectivity index is 2.43. The van der Waals surface area contributed by atoms with Crippen molar-refractivity contribution in [3.05, 3.63) is 15.6 Å². The van der Waals surface area contributed by atoms with E-state index in [4.69, 9.17) is 5.73 Å². The average Bonchev–Trinajstić information content (AvgIpc) is 2.31. The molecular formula is C8H12N2S. The first kappa shape index (κ1) is 7.25. The van der Waals surface area contributed by atoms with Gasteiger partial charge in [0, 0.05) is 10.9 Å². The molecule has 2 rings (SSSR count). The second-order valence-corrected chi connectivity index (χ2v) is 4.28. The predicted molar refractivity (Wildman–Crippen MR) is 46.7 cm³/mol. The standard InChI is InChI=1S/C8H12N2S/c1-5-10-7-4-2-3-6(9)8(7)11-5/h6H,2-4,9H2,1H3/t6-/m0/s1. The van der Waals surface area contributed by atoms with Crippen molar-refractivity contribution in [3.63, 3.8) is 0 Å². The van der Waals surface area contributed by atoms with Crippen LogP contribution in [0.1, 0.15) is 34.5 Å². The Morgan fingerprint density at radius 1 is 1.64 bits per heavy atom. The number of nitrogens with two attached hydrogens (primary N) is 1. The van der Waals surface area contributed by atoms with Gasteiger partial charge in [-0.25, -0.2) is 4.98 Å². The molecule has 0 fully saturated rings. The van der Waals surface area contributed by atoms with Crippen molar-refractivity contribution < 1.29 is 0 Å². The third-order valence-electron chi connectivity index (χ3n) is 2.10. The minimum atomic E-state index is 0.268. The van der Waals surface area contributed by atoms with Gasteiger partial charge in [0.25, 0.3) is 0 Å². The summed E-state index contributed by atoms with van der Waals surface area (Å²) >= 11 is 1.76. The van der Waals surface area contributed by atoms with E-state index >= 15 is 0 Å². The summed E-state index contributed by atoms with van der Waals surface area (Å²) in [6.45, 7) is 2.05. The van der Waals surface area contributed by atoms with Crippen LogP contribution in [0, 0.1) is 6.92 Å². The van der Waals surface area contributed by atoms with E-state index in [1.807, 2.05) is 0 Å². The van der Waals surface area contributed by atoms with Crippen molar-refractivity contribution >= 4 is 11.3 Å². The summed E-state index contributed by atoms with van der Waals surface area (Å²) in [5.74, 6) is 0. The zero-order valence-electron chi connectivity index (χ0n) is 6.63. The first-order chi connectivity index (χ1) is 5.27. The lowest BCUT2D eigenvalue weighted by Crippen LogP contribution is -2.15. The van der Waals surface area contributed by atoms with Crippen LogP contribution in [0.2, 0.25) is 0 Å². The molecule has 0 saturated carbocycles. The fraction of sp³-hybridized carbons (Fsp3) is 0.625. The summed E-state index contributed by atoms with van der Waals surface area (Å²) in [6.07, 6.45) is 3.47. The van der Waals surface area contributed by atoms with E-state index in [-0.39, 0.29) is 6.04 Å². The molecule has 0 amide bonds. The van der Waals surface area contributed by atoms with Crippen LogP contribution in [0.15, 0.2) is 0 Å². The zero-order valence-corrected chi connectivity index (χ0v) is 7.45. The van der Waals surface area contributed by atoms with Gasteiger partial charge in [0.05, 0.1) is 10.7 Å². The molecule has 0 saturated heterocycles. The summed E-state index contributed by atoms with van der Waals surface area (Å²) in [7, 11) is 0. The van der Waals surface area contributed by atoms with Crippen LogP contribution in [-0.2, 0) is 6.42 Å². The second-order valence-electron chi connectivity index (χ2n) is 3.04. The lowest BCUT2D eigenvalue weighted by Gasteiger charge is -2.15. The van der Waals surface area contributed by atoms with Crippen LogP contribution < -0.4 is 5.73 Å². The quantitative estimate of drug-likeness (QED) is 0.641. The van der Waals surface area contributed by atoms with Crippen LogP contribution in [0.25, 0.3) is 0 Å². The first-order valence-corrected chi connectivity index (χ1v) is 4.81. The van der Waals surface area contributed by atoms with E-state index < -0.39 is 0 Å². The molecule has 0 bridgehead atoms. The molecule has 0 radical (unpaired) electrons. The van der Waals surface area contributed by atoms with Gasteiger partial charge in [-0.1, -0.05) is 0 Å². The van der Waals surface area contributed by atoms with Gasteiger partial charge in [0.15, 0.2) is 0 Å². The van der Waals surface area contributed by atoms with Gasteiger partial charge in [-0.15, -0.1) is 11.3 Å². The van der Waals surface area contributed by atoms with Gasteiger partial charge in [0.2, 0.25) is 0 Å². The van der Waals surface area contributed by atoms with E-state index in [2.05, 4.69) is 11.9 Å². The minimum Gasteiger partial charge on any atom is -0.323 e. The van der Waals surface area contributed by atoms with Crippen molar-refractivity contribution in [2.75, 3.05) is 0 Å². The van der Waals surface area contributed by atoms with Crippen molar-refractivity contribution in [2.45, 2.75) is 32.2 Å². The molecule has 1 aliphatic rings. The van der Waals surface area contributed by atoms with Gasteiger partial charge in [0.1, 0.15) is 0 Å². The highest BCUT2D eigenvalue weighted by Crippen LogP contribution is 2.31. The van der Waals surface area contributed by atoms with Gasteiger partial charge in [-0.05, 0) is 26.2 Å². The van der Waals surface area contributed by atoms with E-state index in [0.717, 1.165) is 17.8 Å². The highest BCUT2D eigenvalue weighted by atomic mass is 32.1. The zero-order chi connectivity index (χ0) is 7.84. The van der Waals surface area contributed by atoms with E-state index in [1.54, 1.807) is 11.3 Å². The van der Waals surface area contributed by atoms with Crippen molar-refractivity contribution in [2.24, 2.45) is 5.73 Å². The van der Waals surface area contributed by atoms with Gasteiger partial charge >= 0.3 is 0 Å². The fourth-order valence-electron chi connectivity index (χ4n) is 1.58. The molecule has 0 aromatic carbocycles. The third-order valence-corrected chi connectivity index (χ3v) is 3.24. The Morgan fingerprint density at radius 2 is 2.45 bits per heavy atom. The van der Waals surface area contributed by atoms with Crippen LogP contribution in [0.4, 0.5) is 0 Å². The Bertz CT molecular complexity index is 267. The van der Waals surface area contributed by atoms with Crippen LogP contribution in [0.3, 0.4) is 0 Å². The molecule has 1 aromatic rings.